The molecule has 3 aromatic rings. The molecule has 0 spiro atoms. The molecule has 0 aromatic heterocycles. The number of hydrogen-bond acceptors (Lipinski definition) is 8. The molecule has 1 fully saturated rings. The number of rotatable bonds is 8. The monoisotopic (exact) mass is 585 g/mol. The summed E-state index contributed by atoms with van der Waals surface area (Å²) in [5.41, 5.74) is 3.35. The third kappa shape index (κ3) is 5.49. The summed E-state index contributed by atoms with van der Waals surface area (Å²) in [6, 6.07) is 19.0. The number of nitrogens with one attached hydrogen (secondary N) is 1. The van der Waals surface area contributed by atoms with E-state index in [1.165, 1.54) is 20.7 Å². The lowest BCUT2D eigenvalue weighted by Crippen LogP contribution is -2.48. The van der Waals surface area contributed by atoms with Crippen LogP contribution in [-0.2, 0) is 26.5 Å². The summed E-state index contributed by atoms with van der Waals surface area (Å²) in [6.45, 7) is 3.55. The molecule has 0 aliphatic carbocycles. The summed E-state index contributed by atoms with van der Waals surface area (Å²) in [4.78, 5) is 13.4. The van der Waals surface area contributed by atoms with Crippen molar-refractivity contribution < 1.29 is 21.8 Å². The first kappa shape index (κ1) is 27.9. The predicted molar refractivity (Wildman–Crippen MR) is 155 cm³/mol. The molecule has 0 radical (unpaired) electrons. The maximum atomic E-state index is 13.4. The number of fused-ring (bicyclic) bond motifs is 1. The Balaban J connectivity index is 1.30. The van der Waals surface area contributed by atoms with Crippen LogP contribution < -0.4 is 14.5 Å². The minimum atomic E-state index is -3.78. The van der Waals surface area contributed by atoms with Gasteiger partial charge in [0.25, 0.3) is 5.69 Å². The van der Waals surface area contributed by atoms with Crippen LogP contribution >= 0.6 is 0 Å². The largest absolute Gasteiger partial charge is 0.373 e. The van der Waals surface area contributed by atoms with Crippen molar-refractivity contribution in [2.24, 2.45) is 0 Å². The Labute approximate surface area is 234 Å². The van der Waals surface area contributed by atoms with E-state index in [1.807, 2.05) is 42.2 Å². The van der Waals surface area contributed by atoms with Crippen LogP contribution in [0.5, 0.6) is 0 Å². The highest BCUT2D eigenvalue weighted by Gasteiger charge is 2.32. The van der Waals surface area contributed by atoms with Crippen LogP contribution in [0.3, 0.4) is 0 Å². The molecule has 40 heavy (non-hydrogen) atoms. The van der Waals surface area contributed by atoms with E-state index in [1.54, 1.807) is 24.3 Å². The van der Waals surface area contributed by atoms with Crippen LogP contribution in [0.4, 0.5) is 22.7 Å². The molecular formula is C27H31N5O6S2. The normalized spacial score (nSPS) is 16.9. The Bertz CT molecular complexity index is 1640. The predicted octanol–water partition coefficient (Wildman–Crippen LogP) is 3.60. The zero-order chi connectivity index (χ0) is 28.7. The maximum Gasteiger partial charge on any atom is 0.292 e. The van der Waals surface area contributed by atoms with Crippen molar-refractivity contribution in [3.8, 4) is 0 Å². The molecule has 1 unspecified atom stereocenters. The van der Waals surface area contributed by atoms with Gasteiger partial charge >= 0.3 is 0 Å². The summed E-state index contributed by atoms with van der Waals surface area (Å²) < 4.78 is 53.6. The number of anilines is 3. The minimum absolute atomic E-state index is 0.0289. The second-order valence-electron chi connectivity index (χ2n) is 10.0. The molecule has 2 aliphatic rings. The molecule has 1 saturated heterocycles. The quantitative estimate of drug-likeness (QED) is 0.313. The van der Waals surface area contributed by atoms with Crippen LogP contribution in [-0.4, -0.2) is 65.0 Å². The number of nitro benzene ring substituents is 1. The Morgan fingerprint density at radius 2 is 1.60 bits per heavy atom. The summed E-state index contributed by atoms with van der Waals surface area (Å²) in [7, 11) is -7.20. The molecule has 1 atom stereocenters. The van der Waals surface area contributed by atoms with Gasteiger partial charge in [0, 0.05) is 50.5 Å². The van der Waals surface area contributed by atoms with Gasteiger partial charge in [0.15, 0.2) is 0 Å². The molecular weight excluding hydrogens is 554 g/mol. The fourth-order valence-corrected chi connectivity index (χ4v) is 7.67. The van der Waals surface area contributed by atoms with Gasteiger partial charge in [-0.3, -0.25) is 14.4 Å². The highest BCUT2D eigenvalue weighted by molar-refractivity contribution is 7.92. The van der Waals surface area contributed by atoms with Crippen molar-refractivity contribution >= 4 is 42.8 Å². The standard InChI is InChI=1S/C27H31N5O6S2/c1-20(21-6-4-3-5-7-21)28-25-19-23(8-10-27(25)32(33)34)29-14-16-30(17-15-29)40(37,38)24-9-11-26-22(18-24)12-13-31(26)39(2,35)36/h3-11,18-20,28H,12-17H2,1-2H3. The molecule has 0 bridgehead atoms. The van der Waals surface area contributed by atoms with Crippen LogP contribution in [0, 0.1) is 10.1 Å². The van der Waals surface area contributed by atoms with Gasteiger partial charge in [-0.15, -0.1) is 0 Å². The summed E-state index contributed by atoms with van der Waals surface area (Å²) >= 11 is 0. The lowest BCUT2D eigenvalue weighted by atomic mass is 10.1. The van der Waals surface area contributed by atoms with Crippen molar-refractivity contribution in [1.29, 1.82) is 0 Å². The molecule has 13 heteroatoms. The smallest absolute Gasteiger partial charge is 0.292 e. The van der Waals surface area contributed by atoms with Gasteiger partial charge in [0.1, 0.15) is 5.69 Å². The molecule has 3 aromatic carbocycles. The molecule has 0 saturated carbocycles. The summed E-state index contributed by atoms with van der Waals surface area (Å²) in [6.07, 6.45) is 1.60. The number of benzene rings is 3. The van der Waals surface area contributed by atoms with E-state index in [0.717, 1.165) is 17.5 Å². The average Bonchev–Trinajstić information content (AvgIpc) is 3.38. The van der Waals surface area contributed by atoms with Crippen molar-refractivity contribution in [2.45, 2.75) is 24.3 Å². The van der Waals surface area contributed by atoms with Gasteiger partial charge in [-0.1, -0.05) is 30.3 Å². The van der Waals surface area contributed by atoms with Crippen LogP contribution in [0.25, 0.3) is 0 Å². The van der Waals surface area contributed by atoms with Gasteiger partial charge in [-0.25, -0.2) is 16.8 Å². The van der Waals surface area contributed by atoms with Gasteiger partial charge in [0.2, 0.25) is 20.0 Å². The van der Waals surface area contributed by atoms with E-state index < -0.39 is 25.0 Å². The molecule has 1 N–H and O–H groups in total. The first-order chi connectivity index (χ1) is 18.9. The highest BCUT2D eigenvalue weighted by Crippen LogP contribution is 2.35. The van der Waals surface area contributed by atoms with Crippen molar-refractivity contribution in [1.82, 2.24) is 4.31 Å². The molecule has 2 aliphatic heterocycles. The lowest BCUT2D eigenvalue weighted by Gasteiger charge is -2.35. The zero-order valence-corrected chi connectivity index (χ0v) is 23.9. The fraction of sp³-hybridized carbons (Fsp3) is 0.333. The molecule has 5 rings (SSSR count). The maximum absolute atomic E-state index is 13.4. The SMILES string of the molecule is CC(Nc1cc(N2CCN(S(=O)(=O)c3ccc4c(c3)CCN4S(C)(=O)=O)CC2)ccc1[N+](=O)[O-])c1ccccc1. The summed E-state index contributed by atoms with van der Waals surface area (Å²) in [5, 5.41) is 15.0. The van der Waals surface area contributed by atoms with E-state index >= 15 is 0 Å². The van der Waals surface area contributed by atoms with Crippen LogP contribution in [0.2, 0.25) is 0 Å². The first-order valence-electron chi connectivity index (χ1n) is 12.9. The topological polar surface area (TPSA) is 133 Å². The highest BCUT2D eigenvalue weighted by atomic mass is 32.2. The molecule has 212 valence electrons. The second-order valence-corrected chi connectivity index (χ2v) is 13.8. The van der Waals surface area contributed by atoms with E-state index in [4.69, 9.17) is 0 Å². The lowest BCUT2D eigenvalue weighted by molar-refractivity contribution is -0.384. The van der Waals surface area contributed by atoms with Crippen LogP contribution in [0.15, 0.2) is 71.6 Å². The Kier molecular flexibility index (Phi) is 7.46. The van der Waals surface area contributed by atoms with E-state index in [0.29, 0.717) is 43.0 Å². The average molecular weight is 586 g/mol. The Morgan fingerprint density at radius 1 is 0.900 bits per heavy atom. The number of nitro groups is 1. The third-order valence-electron chi connectivity index (χ3n) is 7.39. The Hall–Kier alpha value is -3.68. The number of hydrogen-bond donors (Lipinski definition) is 1. The third-order valence-corrected chi connectivity index (χ3v) is 10.5. The number of piperazine rings is 1. The molecule has 0 amide bonds. The van der Waals surface area contributed by atoms with Crippen molar-refractivity contribution in [2.75, 3.05) is 53.5 Å². The first-order valence-corrected chi connectivity index (χ1v) is 16.2. The second kappa shape index (κ2) is 10.7. The van der Waals surface area contributed by atoms with E-state index in [-0.39, 0.29) is 29.7 Å². The zero-order valence-electron chi connectivity index (χ0n) is 22.2. The Morgan fingerprint density at radius 3 is 2.25 bits per heavy atom. The molecule has 11 nitrogen and oxygen atoms in total. The van der Waals surface area contributed by atoms with Crippen molar-refractivity contribution in [3.05, 3.63) is 88.0 Å². The van der Waals surface area contributed by atoms with Gasteiger partial charge in [-0.05, 0) is 54.8 Å². The fourth-order valence-electron chi connectivity index (χ4n) is 5.24. The van der Waals surface area contributed by atoms with Crippen molar-refractivity contribution in [3.63, 3.8) is 0 Å². The van der Waals surface area contributed by atoms with Gasteiger partial charge < -0.3 is 10.2 Å². The van der Waals surface area contributed by atoms with E-state index in [2.05, 4.69) is 5.32 Å². The number of sulfonamides is 2. The van der Waals surface area contributed by atoms with E-state index in [9.17, 15) is 26.9 Å². The minimum Gasteiger partial charge on any atom is -0.373 e. The number of nitrogens with zero attached hydrogens (tertiary/aromatic N) is 4. The van der Waals surface area contributed by atoms with Crippen LogP contribution in [0.1, 0.15) is 24.1 Å². The molecule has 2 heterocycles. The van der Waals surface area contributed by atoms with Gasteiger partial charge in [0.05, 0.1) is 21.8 Å². The summed E-state index contributed by atoms with van der Waals surface area (Å²) in [5.74, 6) is 0. The van der Waals surface area contributed by atoms with Gasteiger partial charge in [-0.2, -0.15) is 4.31 Å².